The molecule has 4 N–H and O–H groups in total. The number of rotatable bonds is 3. The van der Waals surface area contributed by atoms with Gasteiger partial charge in [-0.15, -0.1) is 0 Å². The molecule has 0 fully saturated rings. The summed E-state index contributed by atoms with van der Waals surface area (Å²) >= 11 is 0. The zero-order chi connectivity index (χ0) is 14.7. The second kappa shape index (κ2) is 5.52. The first-order valence-corrected chi connectivity index (χ1v) is 6.22. The molecule has 0 spiro atoms. The van der Waals surface area contributed by atoms with Crippen LogP contribution in [0.4, 0.5) is 11.4 Å². The van der Waals surface area contributed by atoms with Crippen molar-refractivity contribution in [3.63, 3.8) is 0 Å². The van der Waals surface area contributed by atoms with Crippen LogP contribution in [0.5, 0.6) is 11.5 Å². The van der Waals surface area contributed by atoms with E-state index in [0.717, 1.165) is 5.69 Å². The van der Waals surface area contributed by atoms with E-state index >= 15 is 0 Å². The summed E-state index contributed by atoms with van der Waals surface area (Å²) in [5.41, 5.74) is 7.28. The minimum atomic E-state index is -0.316. The van der Waals surface area contributed by atoms with Crippen LogP contribution >= 0.6 is 0 Å². The molecule has 0 saturated carbocycles. The Kier molecular flexibility index (Phi) is 3.79. The van der Waals surface area contributed by atoms with Gasteiger partial charge in [-0.2, -0.15) is 0 Å². The number of anilines is 2. The maximum atomic E-state index is 12.4. The zero-order valence-electron chi connectivity index (χ0n) is 11.1. The summed E-state index contributed by atoms with van der Waals surface area (Å²) in [6, 6.07) is 11.0. The molecule has 5 nitrogen and oxygen atoms in total. The molecule has 0 atom stereocenters. The third-order valence-electron chi connectivity index (χ3n) is 2.99. The minimum Gasteiger partial charge on any atom is -0.504 e. The monoisotopic (exact) mass is 272 g/mol. The molecule has 1 amide bonds. The van der Waals surface area contributed by atoms with E-state index in [1.165, 1.54) is 18.2 Å². The first-order chi connectivity index (χ1) is 9.52. The molecule has 0 unspecified atom stereocenters. The number of hydrogen-bond donors (Lipinski definition) is 3. The number of nitrogens with zero attached hydrogens (tertiary/aromatic N) is 1. The van der Waals surface area contributed by atoms with Gasteiger partial charge in [-0.25, -0.2) is 0 Å². The van der Waals surface area contributed by atoms with E-state index < -0.39 is 0 Å². The molecule has 2 aromatic rings. The lowest BCUT2D eigenvalue weighted by atomic mass is 10.1. The summed E-state index contributed by atoms with van der Waals surface area (Å²) in [6.07, 6.45) is 0. The number of benzene rings is 2. The second-order valence-electron chi connectivity index (χ2n) is 4.34. The van der Waals surface area contributed by atoms with Gasteiger partial charge in [-0.3, -0.25) is 4.79 Å². The fraction of sp³-hybridized carbons (Fsp3) is 0.133. The Morgan fingerprint density at radius 1 is 1.10 bits per heavy atom. The standard InChI is InChI=1S/C15H16N2O3/c1-2-17(12-6-4-11(16)5-7-12)15(20)10-3-8-13(18)14(19)9-10/h3-9,18-19H,2,16H2,1H3. The Labute approximate surface area is 116 Å². The smallest absolute Gasteiger partial charge is 0.258 e. The van der Waals surface area contributed by atoms with E-state index in [-0.39, 0.29) is 17.4 Å². The molecule has 2 rings (SSSR count). The van der Waals surface area contributed by atoms with Gasteiger partial charge in [0.15, 0.2) is 11.5 Å². The topological polar surface area (TPSA) is 86.8 Å². The average molecular weight is 272 g/mol. The van der Waals surface area contributed by atoms with Crippen molar-refractivity contribution in [1.29, 1.82) is 0 Å². The van der Waals surface area contributed by atoms with E-state index in [1.54, 1.807) is 29.2 Å². The molecule has 104 valence electrons. The molecule has 0 bridgehead atoms. The number of nitrogen functional groups attached to an aromatic ring is 1. The van der Waals surface area contributed by atoms with Gasteiger partial charge in [-0.05, 0) is 49.4 Å². The van der Waals surface area contributed by atoms with E-state index in [0.29, 0.717) is 17.8 Å². The third-order valence-corrected chi connectivity index (χ3v) is 2.99. The fourth-order valence-corrected chi connectivity index (χ4v) is 1.91. The van der Waals surface area contributed by atoms with Gasteiger partial charge in [0.2, 0.25) is 0 Å². The molecule has 2 aromatic carbocycles. The Balaban J connectivity index is 2.33. The van der Waals surface area contributed by atoms with Gasteiger partial charge >= 0.3 is 0 Å². The Morgan fingerprint density at radius 3 is 2.30 bits per heavy atom. The van der Waals surface area contributed by atoms with Crippen LogP contribution in [-0.2, 0) is 0 Å². The normalized spacial score (nSPS) is 10.2. The summed E-state index contributed by atoms with van der Waals surface area (Å²) in [5.74, 6) is -0.825. The van der Waals surface area contributed by atoms with Crippen LogP contribution in [0.25, 0.3) is 0 Å². The summed E-state index contributed by atoms with van der Waals surface area (Å²) < 4.78 is 0. The molecule has 0 radical (unpaired) electrons. The molecule has 0 heterocycles. The first-order valence-electron chi connectivity index (χ1n) is 6.22. The van der Waals surface area contributed by atoms with Crippen LogP contribution in [0.3, 0.4) is 0 Å². The lowest BCUT2D eigenvalue weighted by molar-refractivity contribution is 0.0988. The number of amides is 1. The van der Waals surface area contributed by atoms with Gasteiger partial charge in [0.05, 0.1) is 0 Å². The van der Waals surface area contributed by atoms with Crippen molar-refractivity contribution < 1.29 is 15.0 Å². The number of phenolic OH excluding ortho intramolecular Hbond substituents is 2. The zero-order valence-corrected chi connectivity index (χ0v) is 11.1. The van der Waals surface area contributed by atoms with Crippen molar-refractivity contribution in [3.8, 4) is 11.5 Å². The van der Waals surface area contributed by atoms with Crippen LogP contribution in [0.2, 0.25) is 0 Å². The fourth-order valence-electron chi connectivity index (χ4n) is 1.91. The van der Waals surface area contributed by atoms with Crippen molar-refractivity contribution in [2.75, 3.05) is 17.2 Å². The number of nitrogens with two attached hydrogens (primary N) is 1. The van der Waals surface area contributed by atoms with Crippen LogP contribution in [0, 0.1) is 0 Å². The Morgan fingerprint density at radius 2 is 1.75 bits per heavy atom. The van der Waals surface area contributed by atoms with E-state index in [2.05, 4.69) is 0 Å². The SMILES string of the molecule is CCN(C(=O)c1ccc(O)c(O)c1)c1ccc(N)cc1. The van der Waals surface area contributed by atoms with Gasteiger partial charge in [0.1, 0.15) is 0 Å². The van der Waals surface area contributed by atoms with Crippen molar-refractivity contribution in [2.45, 2.75) is 6.92 Å². The van der Waals surface area contributed by atoms with Crippen molar-refractivity contribution in [2.24, 2.45) is 0 Å². The highest BCUT2D eigenvalue weighted by molar-refractivity contribution is 6.06. The molecular weight excluding hydrogens is 256 g/mol. The van der Waals surface area contributed by atoms with Gasteiger partial charge in [-0.1, -0.05) is 0 Å². The van der Waals surface area contributed by atoms with Crippen LogP contribution < -0.4 is 10.6 Å². The molecular formula is C15H16N2O3. The predicted octanol–water partition coefficient (Wildman–Crippen LogP) is 2.35. The maximum absolute atomic E-state index is 12.4. The van der Waals surface area contributed by atoms with E-state index in [9.17, 15) is 15.0 Å². The summed E-state index contributed by atoms with van der Waals surface area (Å²) in [7, 11) is 0. The predicted molar refractivity (Wildman–Crippen MR) is 78.0 cm³/mol. The van der Waals surface area contributed by atoms with E-state index in [1.807, 2.05) is 6.92 Å². The summed E-state index contributed by atoms with van der Waals surface area (Å²) in [4.78, 5) is 14.0. The molecule has 0 aromatic heterocycles. The van der Waals surface area contributed by atoms with Crippen molar-refractivity contribution in [1.82, 2.24) is 0 Å². The highest BCUT2D eigenvalue weighted by Gasteiger charge is 2.17. The van der Waals surface area contributed by atoms with E-state index in [4.69, 9.17) is 5.73 Å². The largest absolute Gasteiger partial charge is 0.504 e. The van der Waals surface area contributed by atoms with Crippen LogP contribution in [-0.4, -0.2) is 22.7 Å². The quantitative estimate of drug-likeness (QED) is 0.591. The number of phenols is 2. The van der Waals surface area contributed by atoms with Gasteiger partial charge in [0, 0.05) is 23.5 Å². The number of carbonyl (C=O) groups excluding carboxylic acids is 1. The third kappa shape index (κ3) is 2.66. The number of carbonyl (C=O) groups is 1. The highest BCUT2D eigenvalue weighted by Crippen LogP contribution is 2.26. The highest BCUT2D eigenvalue weighted by atomic mass is 16.3. The Bertz CT molecular complexity index is 624. The summed E-state index contributed by atoms with van der Waals surface area (Å²) in [6.45, 7) is 2.33. The molecule has 0 aliphatic carbocycles. The van der Waals surface area contributed by atoms with Crippen molar-refractivity contribution in [3.05, 3.63) is 48.0 Å². The van der Waals surface area contributed by atoms with Gasteiger partial charge in [0.25, 0.3) is 5.91 Å². The molecule has 0 aliphatic heterocycles. The molecule has 0 saturated heterocycles. The van der Waals surface area contributed by atoms with Crippen LogP contribution in [0.15, 0.2) is 42.5 Å². The second-order valence-corrected chi connectivity index (χ2v) is 4.34. The average Bonchev–Trinajstić information content (AvgIpc) is 2.44. The maximum Gasteiger partial charge on any atom is 0.258 e. The van der Waals surface area contributed by atoms with Gasteiger partial charge < -0.3 is 20.8 Å². The number of hydrogen-bond acceptors (Lipinski definition) is 4. The molecule has 5 heteroatoms. The minimum absolute atomic E-state index is 0.253. The molecule has 20 heavy (non-hydrogen) atoms. The molecule has 0 aliphatic rings. The van der Waals surface area contributed by atoms with Crippen LogP contribution in [0.1, 0.15) is 17.3 Å². The number of aromatic hydroxyl groups is 2. The summed E-state index contributed by atoms with van der Waals surface area (Å²) in [5, 5.41) is 18.8. The lowest BCUT2D eigenvalue weighted by Crippen LogP contribution is -2.30. The Hall–Kier alpha value is -2.69. The van der Waals surface area contributed by atoms with Crippen molar-refractivity contribution >= 4 is 17.3 Å². The first kappa shape index (κ1) is 13.7. The lowest BCUT2D eigenvalue weighted by Gasteiger charge is -2.21.